The summed E-state index contributed by atoms with van der Waals surface area (Å²) in [6.07, 6.45) is 0.900. The van der Waals surface area contributed by atoms with E-state index in [4.69, 9.17) is 4.74 Å². The first-order chi connectivity index (χ1) is 15.5. The van der Waals surface area contributed by atoms with Gasteiger partial charge in [0.05, 0.1) is 18.2 Å². The number of nitrogens with one attached hydrogen (secondary N) is 2. The normalized spacial score (nSPS) is 19.7. The van der Waals surface area contributed by atoms with E-state index in [0.29, 0.717) is 57.1 Å². The average molecular weight is 464 g/mol. The number of carbonyl (C=O) groups excluding carboxylic acids is 3. The molecule has 32 heavy (non-hydrogen) atoms. The Morgan fingerprint density at radius 3 is 2.56 bits per heavy atom. The lowest BCUT2D eigenvalue weighted by atomic mass is 9.96. The zero-order valence-corrected chi connectivity index (χ0v) is 19.9. The van der Waals surface area contributed by atoms with Crippen LogP contribution in [0.1, 0.15) is 38.8 Å². The summed E-state index contributed by atoms with van der Waals surface area (Å²) in [6, 6.07) is 1.13. The number of piperazine rings is 1. The van der Waals surface area contributed by atoms with Crippen LogP contribution in [0.3, 0.4) is 0 Å². The standard InChI is InChI=1S/C22H33N5O4S/c1-4-8-23-21(29)26-11-9-25(10-12-26)14-17-18(20(28)31-6-3)19(16-7-13-32-15-16)24-22(30)27(17)5-2/h7,13,15,19H,4-6,8-12,14H2,1-3H3,(H,23,29)(H,24,30)/t19-/m0/s1. The fraction of sp³-hybridized carbons (Fsp3) is 0.591. The third kappa shape index (κ3) is 5.42. The molecule has 4 amide bonds. The van der Waals surface area contributed by atoms with Crippen molar-refractivity contribution in [3.05, 3.63) is 33.7 Å². The number of nitrogens with zero attached hydrogens (tertiary/aromatic N) is 3. The molecular formula is C22H33N5O4S. The summed E-state index contributed by atoms with van der Waals surface area (Å²) in [6.45, 7) is 10.0. The Hall–Kier alpha value is -2.59. The molecule has 0 aliphatic carbocycles. The van der Waals surface area contributed by atoms with Gasteiger partial charge in [0.1, 0.15) is 0 Å². The van der Waals surface area contributed by atoms with Gasteiger partial charge in [0.2, 0.25) is 0 Å². The predicted molar refractivity (Wildman–Crippen MR) is 123 cm³/mol. The van der Waals surface area contributed by atoms with Gasteiger partial charge in [0.25, 0.3) is 0 Å². The Morgan fingerprint density at radius 1 is 1.22 bits per heavy atom. The van der Waals surface area contributed by atoms with Crippen molar-refractivity contribution in [2.24, 2.45) is 0 Å². The molecule has 176 valence electrons. The quantitative estimate of drug-likeness (QED) is 0.578. The summed E-state index contributed by atoms with van der Waals surface area (Å²) < 4.78 is 5.39. The van der Waals surface area contributed by atoms with Gasteiger partial charge in [-0.2, -0.15) is 11.3 Å². The van der Waals surface area contributed by atoms with Gasteiger partial charge >= 0.3 is 18.0 Å². The van der Waals surface area contributed by atoms with Crippen LogP contribution in [0.4, 0.5) is 9.59 Å². The molecule has 0 unspecified atom stereocenters. The summed E-state index contributed by atoms with van der Waals surface area (Å²) in [4.78, 5) is 43.8. The first-order valence-electron chi connectivity index (χ1n) is 11.2. The van der Waals surface area contributed by atoms with Gasteiger partial charge in [0, 0.05) is 51.5 Å². The Kier molecular flexibility index (Phi) is 8.52. The molecule has 1 fully saturated rings. The number of urea groups is 2. The van der Waals surface area contributed by atoms with E-state index in [-0.39, 0.29) is 18.7 Å². The second kappa shape index (κ2) is 11.3. The lowest BCUT2D eigenvalue weighted by Crippen LogP contribution is -2.55. The Morgan fingerprint density at radius 2 is 1.97 bits per heavy atom. The summed E-state index contributed by atoms with van der Waals surface area (Å²) in [5.41, 5.74) is 2.03. The lowest BCUT2D eigenvalue weighted by molar-refractivity contribution is -0.139. The summed E-state index contributed by atoms with van der Waals surface area (Å²) >= 11 is 1.52. The number of rotatable bonds is 8. The van der Waals surface area contributed by atoms with Gasteiger partial charge in [-0.05, 0) is 42.7 Å². The monoisotopic (exact) mass is 463 g/mol. The van der Waals surface area contributed by atoms with Crippen LogP contribution < -0.4 is 10.6 Å². The van der Waals surface area contributed by atoms with Crippen molar-refractivity contribution in [2.75, 3.05) is 52.4 Å². The Bertz CT molecular complexity index is 833. The smallest absolute Gasteiger partial charge is 0.338 e. The molecule has 2 N–H and O–H groups in total. The van der Waals surface area contributed by atoms with E-state index in [1.807, 2.05) is 35.6 Å². The Balaban J connectivity index is 1.84. The van der Waals surface area contributed by atoms with Crippen molar-refractivity contribution in [3.8, 4) is 0 Å². The number of carbonyl (C=O) groups is 3. The summed E-state index contributed by atoms with van der Waals surface area (Å²) in [5.74, 6) is -0.408. The first kappa shape index (κ1) is 24.1. The van der Waals surface area contributed by atoms with Crippen LogP contribution in [0, 0.1) is 0 Å². The van der Waals surface area contributed by atoms with Gasteiger partial charge in [-0.1, -0.05) is 6.92 Å². The van der Waals surface area contributed by atoms with Crippen LogP contribution in [0.2, 0.25) is 0 Å². The molecule has 1 aromatic heterocycles. The average Bonchev–Trinajstić information content (AvgIpc) is 3.33. The highest BCUT2D eigenvalue weighted by atomic mass is 32.1. The molecule has 3 heterocycles. The van der Waals surface area contributed by atoms with E-state index in [0.717, 1.165) is 12.0 Å². The van der Waals surface area contributed by atoms with Crippen LogP contribution in [-0.2, 0) is 9.53 Å². The van der Waals surface area contributed by atoms with Gasteiger partial charge < -0.3 is 20.3 Å². The second-order valence-corrected chi connectivity index (χ2v) is 8.54. The van der Waals surface area contributed by atoms with E-state index >= 15 is 0 Å². The molecule has 0 bridgehead atoms. The van der Waals surface area contributed by atoms with Crippen LogP contribution in [0.15, 0.2) is 28.1 Å². The fourth-order valence-electron chi connectivity index (χ4n) is 4.01. The maximum atomic E-state index is 13.0. The number of likely N-dealkylation sites (N-methyl/N-ethyl adjacent to an activating group) is 1. The van der Waals surface area contributed by atoms with Crippen LogP contribution in [-0.4, -0.2) is 85.2 Å². The van der Waals surface area contributed by atoms with Gasteiger partial charge in [-0.15, -0.1) is 0 Å². The third-order valence-electron chi connectivity index (χ3n) is 5.69. The number of thiophene rings is 1. The van der Waals surface area contributed by atoms with Gasteiger partial charge in [0.15, 0.2) is 0 Å². The number of amides is 4. The highest BCUT2D eigenvalue weighted by molar-refractivity contribution is 7.08. The summed E-state index contributed by atoms with van der Waals surface area (Å²) in [7, 11) is 0. The molecule has 0 aromatic carbocycles. The number of hydrogen-bond donors (Lipinski definition) is 2. The molecule has 1 aromatic rings. The molecule has 0 spiro atoms. The first-order valence-corrected chi connectivity index (χ1v) is 12.2. The lowest BCUT2D eigenvalue weighted by Gasteiger charge is -2.40. The van der Waals surface area contributed by atoms with E-state index < -0.39 is 12.0 Å². The van der Waals surface area contributed by atoms with Crippen molar-refractivity contribution in [1.29, 1.82) is 0 Å². The van der Waals surface area contributed by atoms with Crippen LogP contribution in [0.25, 0.3) is 0 Å². The second-order valence-electron chi connectivity index (χ2n) is 7.76. The van der Waals surface area contributed by atoms with E-state index in [1.54, 1.807) is 11.8 Å². The van der Waals surface area contributed by atoms with Crippen LogP contribution >= 0.6 is 11.3 Å². The highest BCUT2D eigenvalue weighted by Gasteiger charge is 2.38. The molecule has 10 heteroatoms. The molecule has 2 aliphatic rings. The number of ether oxygens (including phenoxy) is 1. The van der Waals surface area contributed by atoms with Gasteiger partial charge in [-0.3, -0.25) is 9.80 Å². The third-order valence-corrected chi connectivity index (χ3v) is 6.39. The van der Waals surface area contributed by atoms with E-state index in [2.05, 4.69) is 15.5 Å². The molecule has 3 rings (SSSR count). The number of hydrogen-bond acceptors (Lipinski definition) is 6. The van der Waals surface area contributed by atoms with Gasteiger partial charge in [-0.25, -0.2) is 14.4 Å². The van der Waals surface area contributed by atoms with Crippen molar-refractivity contribution in [1.82, 2.24) is 25.3 Å². The minimum absolute atomic E-state index is 0.0392. The molecule has 9 nitrogen and oxygen atoms in total. The Labute approximate surface area is 193 Å². The molecule has 0 radical (unpaired) electrons. The molecule has 0 saturated carbocycles. The van der Waals surface area contributed by atoms with E-state index in [9.17, 15) is 14.4 Å². The number of esters is 1. The zero-order valence-electron chi connectivity index (χ0n) is 19.1. The molecule has 1 atom stereocenters. The fourth-order valence-corrected chi connectivity index (χ4v) is 4.70. The summed E-state index contributed by atoms with van der Waals surface area (Å²) in [5, 5.41) is 9.76. The van der Waals surface area contributed by atoms with Crippen molar-refractivity contribution in [3.63, 3.8) is 0 Å². The molecule has 1 saturated heterocycles. The maximum absolute atomic E-state index is 13.0. The SMILES string of the molecule is CCCNC(=O)N1CCN(CC2=C(C(=O)OCC)[C@H](c3ccsc3)NC(=O)N2CC)CC1. The van der Waals surface area contributed by atoms with E-state index in [1.165, 1.54) is 11.3 Å². The highest BCUT2D eigenvalue weighted by Crippen LogP contribution is 2.33. The van der Waals surface area contributed by atoms with Crippen molar-refractivity contribution < 1.29 is 19.1 Å². The maximum Gasteiger partial charge on any atom is 0.338 e. The topological polar surface area (TPSA) is 94.2 Å². The minimum Gasteiger partial charge on any atom is -0.463 e. The van der Waals surface area contributed by atoms with Crippen LogP contribution in [0.5, 0.6) is 0 Å². The molecule has 2 aliphatic heterocycles. The zero-order chi connectivity index (χ0) is 23.1. The van der Waals surface area contributed by atoms with Crippen molar-refractivity contribution >= 4 is 29.4 Å². The van der Waals surface area contributed by atoms with Crippen molar-refractivity contribution in [2.45, 2.75) is 33.2 Å². The minimum atomic E-state index is -0.535. The largest absolute Gasteiger partial charge is 0.463 e. The predicted octanol–water partition coefficient (Wildman–Crippen LogP) is 2.39. The molecular weight excluding hydrogens is 430 g/mol.